The first-order valence-corrected chi connectivity index (χ1v) is 14.3. The average molecular weight is 521 g/mol. The van der Waals surface area contributed by atoms with Crippen LogP contribution >= 0.6 is 17.2 Å². The monoisotopic (exact) mass is 520 g/mol. The molecule has 0 aromatic heterocycles. The van der Waals surface area contributed by atoms with Crippen LogP contribution in [-0.4, -0.2) is 26.4 Å². The fraction of sp³-hybridized carbons (Fsp3) is 0.556. The van der Waals surface area contributed by atoms with E-state index in [1.807, 2.05) is 30.3 Å². The summed E-state index contributed by atoms with van der Waals surface area (Å²) in [6, 6.07) is 16.7. The van der Waals surface area contributed by atoms with Crippen LogP contribution in [-0.2, 0) is 51.2 Å². The predicted molar refractivity (Wildman–Crippen MR) is 140 cm³/mol. The van der Waals surface area contributed by atoms with Gasteiger partial charge in [-0.25, -0.2) is 0 Å². The number of benzene rings is 2. The average Bonchev–Trinajstić information content (AvgIpc) is 2.83. The molecule has 0 N–H and O–H groups in total. The van der Waals surface area contributed by atoms with E-state index in [2.05, 4.69) is 59.7 Å². The van der Waals surface area contributed by atoms with Gasteiger partial charge in [0, 0.05) is 0 Å². The Hall–Kier alpha value is -0.940. The molecule has 8 heteroatoms. The van der Waals surface area contributed by atoms with E-state index in [1.54, 1.807) is 0 Å². The van der Waals surface area contributed by atoms with Crippen molar-refractivity contribution in [3.63, 3.8) is 0 Å². The van der Waals surface area contributed by atoms with Gasteiger partial charge >= 0.3 is 17.2 Å². The maximum atomic E-state index is 6.09. The lowest BCUT2D eigenvalue weighted by atomic mass is 9.78. The minimum absolute atomic E-state index is 0.0171. The predicted octanol–water partition coefficient (Wildman–Crippen LogP) is 7.55. The van der Waals surface area contributed by atoms with Gasteiger partial charge in [0.2, 0.25) is 0 Å². The fourth-order valence-corrected chi connectivity index (χ4v) is 6.39. The maximum Gasteiger partial charge on any atom is 0.333 e. The Labute approximate surface area is 212 Å². The van der Waals surface area contributed by atoms with Crippen LogP contribution in [0, 0.1) is 5.41 Å². The van der Waals surface area contributed by atoms with E-state index >= 15 is 0 Å². The first kappa shape index (κ1) is 27.1. The summed E-state index contributed by atoms with van der Waals surface area (Å²) in [5.74, 6) is 0. The molecule has 2 aliphatic heterocycles. The van der Waals surface area contributed by atoms with Crippen molar-refractivity contribution < 1.29 is 27.1 Å². The molecule has 0 saturated carbocycles. The largest absolute Gasteiger partial charge is 0.333 e. The molecule has 2 heterocycles. The van der Waals surface area contributed by atoms with Crippen LogP contribution in [0.4, 0.5) is 0 Å². The molecular formula is C27H38O6P2. The van der Waals surface area contributed by atoms with Crippen LogP contribution in [0.25, 0.3) is 0 Å². The zero-order valence-electron chi connectivity index (χ0n) is 21.7. The van der Waals surface area contributed by atoms with E-state index < -0.39 is 17.2 Å². The Morgan fingerprint density at radius 3 is 1.77 bits per heavy atom. The van der Waals surface area contributed by atoms with Crippen LogP contribution < -0.4 is 0 Å². The molecule has 2 aromatic carbocycles. The highest BCUT2D eigenvalue weighted by Gasteiger charge is 2.44. The molecule has 2 aromatic rings. The highest BCUT2D eigenvalue weighted by molar-refractivity contribution is 7.42. The molecule has 0 atom stereocenters. The van der Waals surface area contributed by atoms with Crippen molar-refractivity contribution in [3.05, 3.63) is 70.8 Å². The van der Waals surface area contributed by atoms with E-state index in [0.29, 0.717) is 39.6 Å². The summed E-state index contributed by atoms with van der Waals surface area (Å²) >= 11 is 0. The van der Waals surface area contributed by atoms with Gasteiger partial charge < -0.3 is 27.1 Å². The zero-order valence-corrected chi connectivity index (χ0v) is 23.5. The third-order valence-corrected chi connectivity index (χ3v) is 8.23. The molecular weight excluding hydrogens is 482 g/mol. The number of hydrogen-bond donors (Lipinski definition) is 0. The lowest BCUT2D eigenvalue weighted by Gasteiger charge is -2.41. The first-order valence-electron chi connectivity index (χ1n) is 12.1. The summed E-state index contributed by atoms with van der Waals surface area (Å²) < 4.78 is 35.6. The van der Waals surface area contributed by atoms with Crippen molar-refractivity contribution in [1.29, 1.82) is 0 Å². The third kappa shape index (κ3) is 7.31. The van der Waals surface area contributed by atoms with Gasteiger partial charge in [-0.05, 0) is 33.1 Å². The van der Waals surface area contributed by atoms with E-state index in [4.69, 9.17) is 27.1 Å². The van der Waals surface area contributed by atoms with Crippen LogP contribution in [0.15, 0.2) is 48.5 Å². The van der Waals surface area contributed by atoms with Gasteiger partial charge in [-0.2, -0.15) is 0 Å². The van der Waals surface area contributed by atoms with Gasteiger partial charge in [-0.3, -0.25) is 0 Å². The lowest BCUT2D eigenvalue weighted by Crippen LogP contribution is -2.44. The van der Waals surface area contributed by atoms with Gasteiger partial charge in [0.05, 0.1) is 45.1 Å². The van der Waals surface area contributed by atoms with Crippen LogP contribution in [0.2, 0.25) is 0 Å². The summed E-state index contributed by atoms with van der Waals surface area (Å²) in [4.78, 5) is 0. The topological polar surface area (TPSA) is 55.4 Å². The van der Waals surface area contributed by atoms with Gasteiger partial charge in [-0.15, -0.1) is 0 Å². The molecule has 6 nitrogen and oxygen atoms in total. The zero-order chi connectivity index (χ0) is 25.1. The molecule has 0 aliphatic carbocycles. The standard InChI is InChI=1S/C27H38O6P2/c1-25(2,3)23-13-12-22(24(14-23)26(4,5)6)16-29-35-32-19-27(20-33-35)17-30-34(31-18-27)28-15-21-10-8-7-9-11-21/h7-14H,15-20H2,1-6H3. The van der Waals surface area contributed by atoms with Crippen LogP contribution in [0.5, 0.6) is 0 Å². The van der Waals surface area contributed by atoms with E-state index in [-0.39, 0.29) is 16.2 Å². The Bertz CT molecular complexity index is 952. The molecule has 4 rings (SSSR count). The Morgan fingerprint density at radius 2 is 1.26 bits per heavy atom. The smallest absolute Gasteiger partial charge is 0.311 e. The third-order valence-electron chi connectivity index (χ3n) is 6.19. The summed E-state index contributed by atoms with van der Waals surface area (Å²) in [6.45, 7) is 16.3. The van der Waals surface area contributed by atoms with Crippen molar-refractivity contribution in [3.8, 4) is 0 Å². The Morgan fingerprint density at radius 1 is 0.714 bits per heavy atom. The quantitative estimate of drug-likeness (QED) is 0.367. The summed E-state index contributed by atoms with van der Waals surface area (Å²) in [5, 5.41) is 0. The van der Waals surface area contributed by atoms with Crippen LogP contribution in [0.3, 0.4) is 0 Å². The highest BCUT2D eigenvalue weighted by atomic mass is 31.2. The molecule has 0 unspecified atom stereocenters. The van der Waals surface area contributed by atoms with Gasteiger partial charge in [0.25, 0.3) is 0 Å². The summed E-state index contributed by atoms with van der Waals surface area (Å²) in [5.41, 5.74) is 4.69. The van der Waals surface area contributed by atoms with Crippen molar-refractivity contribution >= 4 is 17.2 Å². The van der Waals surface area contributed by atoms with Crippen molar-refractivity contribution in [2.75, 3.05) is 26.4 Å². The van der Waals surface area contributed by atoms with Gasteiger partial charge in [0.1, 0.15) is 0 Å². The SMILES string of the molecule is CC(C)(C)c1ccc(COP2OCC3(COP(OCc4ccccc4)OC3)CO2)c(C(C)(C)C)c1. The molecule has 1 spiro atoms. The summed E-state index contributed by atoms with van der Waals surface area (Å²) in [6.07, 6.45) is 0. The first-order chi connectivity index (χ1) is 16.5. The molecule has 0 radical (unpaired) electrons. The van der Waals surface area contributed by atoms with E-state index in [1.165, 1.54) is 16.7 Å². The van der Waals surface area contributed by atoms with E-state index in [0.717, 1.165) is 5.56 Å². The maximum absolute atomic E-state index is 6.09. The second-order valence-corrected chi connectivity index (χ2v) is 13.9. The van der Waals surface area contributed by atoms with Gasteiger partial charge in [0.15, 0.2) is 0 Å². The van der Waals surface area contributed by atoms with Crippen molar-refractivity contribution in [2.24, 2.45) is 5.41 Å². The minimum atomic E-state index is -1.41. The minimum Gasteiger partial charge on any atom is -0.311 e. The summed E-state index contributed by atoms with van der Waals surface area (Å²) in [7, 11) is -2.77. The van der Waals surface area contributed by atoms with Gasteiger partial charge in [-0.1, -0.05) is 90.1 Å². The van der Waals surface area contributed by atoms with Crippen molar-refractivity contribution in [2.45, 2.75) is 65.6 Å². The molecule has 35 heavy (non-hydrogen) atoms. The molecule has 2 fully saturated rings. The number of rotatable bonds is 6. The lowest BCUT2D eigenvalue weighted by molar-refractivity contribution is -0.0772. The second-order valence-electron chi connectivity index (χ2n) is 11.4. The highest BCUT2D eigenvalue weighted by Crippen LogP contribution is 2.53. The normalized spacial score (nSPS) is 25.7. The molecule has 0 bridgehead atoms. The Kier molecular flexibility index (Phi) is 8.68. The fourth-order valence-electron chi connectivity index (χ4n) is 3.92. The second kappa shape index (κ2) is 11.2. The molecule has 2 saturated heterocycles. The van der Waals surface area contributed by atoms with E-state index in [9.17, 15) is 0 Å². The number of hydrogen-bond acceptors (Lipinski definition) is 6. The molecule has 192 valence electrons. The molecule has 0 amide bonds. The van der Waals surface area contributed by atoms with Crippen LogP contribution in [0.1, 0.15) is 63.8 Å². The van der Waals surface area contributed by atoms with Crippen molar-refractivity contribution in [1.82, 2.24) is 0 Å². The molecule has 2 aliphatic rings. The Balaban J connectivity index is 1.26.